The van der Waals surface area contributed by atoms with E-state index < -0.39 is 5.97 Å². The van der Waals surface area contributed by atoms with Crippen molar-refractivity contribution in [3.05, 3.63) is 17.0 Å². The van der Waals surface area contributed by atoms with Crippen LogP contribution in [0.4, 0.5) is 0 Å². The van der Waals surface area contributed by atoms with Gasteiger partial charge in [-0.1, -0.05) is 26.7 Å². The number of nitrogens with zero attached hydrogens (tertiary/aromatic N) is 2. The van der Waals surface area contributed by atoms with Gasteiger partial charge in [0, 0.05) is 0 Å². The van der Waals surface area contributed by atoms with Gasteiger partial charge in [-0.15, -0.1) is 0 Å². The zero-order valence-corrected chi connectivity index (χ0v) is 12.1. The summed E-state index contributed by atoms with van der Waals surface area (Å²) in [5.74, 6) is -0.286. The Hall–Kier alpha value is -1.36. The number of hydrogen-bond acceptors (Lipinski definition) is 5. The normalized spacial score (nSPS) is 10.3. The van der Waals surface area contributed by atoms with E-state index in [2.05, 4.69) is 16.9 Å². The van der Waals surface area contributed by atoms with Crippen LogP contribution in [0.2, 0.25) is 5.28 Å². The first kappa shape index (κ1) is 15.7. The summed E-state index contributed by atoms with van der Waals surface area (Å²) >= 11 is 5.71. The van der Waals surface area contributed by atoms with Gasteiger partial charge < -0.3 is 9.47 Å². The SMILES string of the molecule is CCCCOC(=O)c1cnc(Cl)nc1OCCCC. The summed E-state index contributed by atoms with van der Waals surface area (Å²) in [5, 5.41) is 0.0524. The fraction of sp³-hybridized carbons (Fsp3) is 0.615. The number of carbonyl (C=O) groups is 1. The predicted octanol–water partition coefficient (Wildman–Crippen LogP) is 3.27. The van der Waals surface area contributed by atoms with Crippen molar-refractivity contribution in [2.24, 2.45) is 0 Å². The number of rotatable bonds is 8. The zero-order valence-electron chi connectivity index (χ0n) is 11.3. The smallest absolute Gasteiger partial charge is 0.345 e. The number of aromatic nitrogens is 2. The minimum absolute atomic E-state index is 0.0524. The molecule has 0 aromatic carbocycles. The highest BCUT2D eigenvalue weighted by molar-refractivity contribution is 6.28. The van der Waals surface area contributed by atoms with Gasteiger partial charge in [0.25, 0.3) is 0 Å². The quantitative estimate of drug-likeness (QED) is 0.417. The van der Waals surface area contributed by atoms with Gasteiger partial charge in [0.1, 0.15) is 5.56 Å². The molecule has 1 aromatic rings. The van der Waals surface area contributed by atoms with Crippen molar-refractivity contribution >= 4 is 17.6 Å². The van der Waals surface area contributed by atoms with Crippen molar-refractivity contribution in [3.63, 3.8) is 0 Å². The molecular formula is C13H19ClN2O3. The topological polar surface area (TPSA) is 61.3 Å². The number of ether oxygens (including phenoxy) is 2. The number of hydrogen-bond donors (Lipinski definition) is 0. The van der Waals surface area contributed by atoms with Gasteiger partial charge in [0.2, 0.25) is 11.2 Å². The van der Waals surface area contributed by atoms with Crippen molar-refractivity contribution in [1.29, 1.82) is 0 Å². The fourth-order valence-corrected chi connectivity index (χ4v) is 1.42. The van der Waals surface area contributed by atoms with E-state index in [1.165, 1.54) is 6.20 Å². The molecule has 0 aliphatic carbocycles. The lowest BCUT2D eigenvalue weighted by atomic mass is 10.3. The molecule has 0 saturated carbocycles. The molecule has 0 spiro atoms. The van der Waals surface area contributed by atoms with Crippen LogP contribution in [0.15, 0.2) is 6.20 Å². The number of carbonyl (C=O) groups excluding carboxylic acids is 1. The molecule has 19 heavy (non-hydrogen) atoms. The van der Waals surface area contributed by atoms with Crippen LogP contribution in [0, 0.1) is 0 Å². The van der Waals surface area contributed by atoms with Gasteiger partial charge in [-0.25, -0.2) is 9.78 Å². The third-order valence-electron chi connectivity index (χ3n) is 2.41. The first-order chi connectivity index (χ1) is 9.19. The van der Waals surface area contributed by atoms with Gasteiger partial charge >= 0.3 is 5.97 Å². The molecule has 1 heterocycles. The Morgan fingerprint density at radius 2 is 1.95 bits per heavy atom. The van der Waals surface area contributed by atoms with E-state index in [4.69, 9.17) is 21.1 Å². The molecule has 0 N–H and O–H groups in total. The second-order valence-electron chi connectivity index (χ2n) is 4.05. The summed E-state index contributed by atoms with van der Waals surface area (Å²) in [6.45, 7) is 4.94. The fourth-order valence-electron chi connectivity index (χ4n) is 1.30. The van der Waals surface area contributed by atoms with Gasteiger partial charge in [0.05, 0.1) is 19.4 Å². The molecule has 0 aliphatic heterocycles. The van der Waals surface area contributed by atoms with E-state index in [-0.39, 0.29) is 16.7 Å². The summed E-state index contributed by atoms with van der Waals surface area (Å²) in [4.78, 5) is 19.6. The summed E-state index contributed by atoms with van der Waals surface area (Å²) < 4.78 is 10.6. The molecule has 0 fully saturated rings. The van der Waals surface area contributed by atoms with Crippen LogP contribution in [0.25, 0.3) is 0 Å². The maximum absolute atomic E-state index is 11.9. The van der Waals surface area contributed by atoms with Crippen molar-refractivity contribution in [2.45, 2.75) is 39.5 Å². The molecule has 0 radical (unpaired) electrons. The van der Waals surface area contributed by atoms with Crippen LogP contribution in [0.5, 0.6) is 5.88 Å². The molecule has 0 amide bonds. The molecule has 0 saturated heterocycles. The highest BCUT2D eigenvalue weighted by Crippen LogP contribution is 2.18. The van der Waals surface area contributed by atoms with E-state index >= 15 is 0 Å². The molecule has 5 nitrogen and oxygen atoms in total. The Labute approximate surface area is 118 Å². The van der Waals surface area contributed by atoms with Gasteiger partial charge in [-0.05, 0) is 24.4 Å². The van der Waals surface area contributed by atoms with Crippen LogP contribution in [0.1, 0.15) is 49.9 Å². The summed E-state index contributed by atoms with van der Waals surface area (Å²) in [5.41, 5.74) is 0.219. The van der Waals surface area contributed by atoms with Crippen molar-refractivity contribution < 1.29 is 14.3 Å². The second-order valence-corrected chi connectivity index (χ2v) is 4.39. The number of unbranched alkanes of at least 4 members (excludes halogenated alkanes) is 2. The molecule has 1 rings (SSSR count). The van der Waals surface area contributed by atoms with E-state index in [0.717, 1.165) is 25.7 Å². The second kappa shape index (κ2) is 8.69. The van der Waals surface area contributed by atoms with Crippen LogP contribution < -0.4 is 4.74 Å². The Morgan fingerprint density at radius 1 is 1.26 bits per heavy atom. The van der Waals surface area contributed by atoms with Gasteiger partial charge in [-0.3, -0.25) is 0 Å². The van der Waals surface area contributed by atoms with Crippen LogP contribution in [-0.4, -0.2) is 29.2 Å². The van der Waals surface area contributed by atoms with Crippen LogP contribution in [0.3, 0.4) is 0 Å². The molecule has 0 unspecified atom stereocenters. The standard InChI is InChI=1S/C13H19ClN2O3/c1-3-5-7-18-11-10(9-15-13(14)16-11)12(17)19-8-6-4-2/h9H,3-8H2,1-2H3. The molecular weight excluding hydrogens is 268 g/mol. The van der Waals surface area contributed by atoms with Crippen molar-refractivity contribution in [1.82, 2.24) is 9.97 Å². The van der Waals surface area contributed by atoms with E-state index in [1.54, 1.807) is 0 Å². The first-order valence-corrected chi connectivity index (χ1v) is 6.89. The Kier molecular flexibility index (Phi) is 7.18. The Balaban J connectivity index is 2.71. The molecule has 1 aromatic heterocycles. The third kappa shape index (κ3) is 5.42. The highest BCUT2D eigenvalue weighted by atomic mass is 35.5. The molecule has 106 valence electrons. The maximum Gasteiger partial charge on any atom is 0.345 e. The van der Waals surface area contributed by atoms with Crippen molar-refractivity contribution in [2.75, 3.05) is 13.2 Å². The number of halogens is 1. The number of esters is 1. The average Bonchev–Trinajstić information content (AvgIpc) is 2.39. The zero-order chi connectivity index (χ0) is 14.1. The minimum atomic E-state index is -0.475. The molecule has 6 heteroatoms. The van der Waals surface area contributed by atoms with Crippen LogP contribution in [-0.2, 0) is 4.74 Å². The summed E-state index contributed by atoms with van der Waals surface area (Å²) in [7, 11) is 0. The summed E-state index contributed by atoms with van der Waals surface area (Å²) in [6, 6.07) is 0. The Morgan fingerprint density at radius 3 is 2.63 bits per heavy atom. The average molecular weight is 287 g/mol. The third-order valence-corrected chi connectivity index (χ3v) is 2.59. The van der Waals surface area contributed by atoms with Gasteiger partial charge in [-0.2, -0.15) is 4.98 Å². The molecule has 0 bridgehead atoms. The summed E-state index contributed by atoms with van der Waals surface area (Å²) in [6.07, 6.45) is 5.00. The Bertz CT molecular complexity index is 413. The largest absolute Gasteiger partial charge is 0.477 e. The first-order valence-electron chi connectivity index (χ1n) is 6.51. The predicted molar refractivity (Wildman–Crippen MR) is 72.6 cm³/mol. The monoisotopic (exact) mass is 286 g/mol. The van der Waals surface area contributed by atoms with Crippen molar-refractivity contribution in [3.8, 4) is 5.88 Å². The highest BCUT2D eigenvalue weighted by Gasteiger charge is 2.17. The molecule has 0 aliphatic rings. The maximum atomic E-state index is 11.9. The van der Waals surface area contributed by atoms with Gasteiger partial charge in [0.15, 0.2) is 0 Å². The van der Waals surface area contributed by atoms with E-state index in [1.807, 2.05) is 6.92 Å². The molecule has 0 atom stereocenters. The minimum Gasteiger partial charge on any atom is -0.477 e. The van der Waals surface area contributed by atoms with E-state index in [0.29, 0.717) is 13.2 Å². The lowest BCUT2D eigenvalue weighted by Crippen LogP contribution is -2.11. The lowest BCUT2D eigenvalue weighted by molar-refractivity contribution is 0.0493. The van der Waals surface area contributed by atoms with Crippen LogP contribution >= 0.6 is 11.6 Å². The van der Waals surface area contributed by atoms with E-state index in [9.17, 15) is 4.79 Å². The lowest BCUT2D eigenvalue weighted by Gasteiger charge is -2.09.